The second kappa shape index (κ2) is 6.06. The maximum atomic E-state index is 11.4. The summed E-state index contributed by atoms with van der Waals surface area (Å²) in [6.45, 7) is 0. The fraction of sp³-hybridized carbons (Fsp3) is 0.308. The zero-order valence-corrected chi connectivity index (χ0v) is 11.9. The highest BCUT2D eigenvalue weighted by Gasteiger charge is 2.24. The van der Waals surface area contributed by atoms with Gasteiger partial charge in [-0.05, 0) is 17.7 Å². The molecule has 6 nitrogen and oxygen atoms in total. The minimum absolute atomic E-state index is 0.0199. The zero-order chi connectivity index (χ0) is 14.7. The molecule has 1 N–H and O–H groups in total. The molecular weight excluding hydrogens is 280 g/mol. The van der Waals surface area contributed by atoms with Crippen LogP contribution < -0.4 is 0 Å². The Balaban J connectivity index is 2.15. The van der Waals surface area contributed by atoms with Crippen LogP contribution in [0.15, 0.2) is 29.3 Å². The predicted molar refractivity (Wildman–Crippen MR) is 75.7 cm³/mol. The van der Waals surface area contributed by atoms with E-state index < -0.39 is 12.1 Å². The lowest BCUT2D eigenvalue weighted by Crippen LogP contribution is -2.24. The van der Waals surface area contributed by atoms with Crippen LogP contribution in [0.25, 0.3) is 0 Å². The van der Waals surface area contributed by atoms with Gasteiger partial charge in [-0.2, -0.15) is 0 Å². The number of aliphatic hydroxyl groups is 1. The Morgan fingerprint density at radius 1 is 1.45 bits per heavy atom. The van der Waals surface area contributed by atoms with E-state index >= 15 is 0 Å². The van der Waals surface area contributed by atoms with Crippen molar-refractivity contribution >= 4 is 34.5 Å². The minimum atomic E-state index is -1.30. The molecule has 1 aromatic carbocycles. The number of thioether (sulfide) groups is 1. The van der Waals surface area contributed by atoms with E-state index in [4.69, 9.17) is 0 Å². The summed E-state index contributed by atoms with van der Waals surface area (Å²) in [5, 5.41) is 10.3. The molecule has 1 aromatic rings. The average Bonchev–Trinajstić information content (AvgIpc) is 2.78. The molecule has 20 heavy (non-hydrogen) atoms. The Morgan fingerprint density at radius 3 is 2.60 bits per heavy atom. The quantitative estimate of drug-likeness (QED) is 0.844. The zero-order valence-electron chi connectivity index (χ0n) is 11.1. The number of carbonyl (C=O) groups excluding carboxylic acids is 2. The normalized spacial score (nSPS) is 18.4. The van der Waals surface area contributed by atoms with Gasteiger partial charge in [0, 0.05) is 7.05 Å². The number of amides is 1. The highest BCUT2D eigenvalue weighted by Crippen LogP contribution is 2.24. The summed E-state index contributed by atoms with van der Waals surface area (Å²) in [5.74, 6) is -0.290. The second-order valence-corrected chi connectivity index (χ2v) is 5.10. The van der Waals surface area contributed by atoms with E-state index in [1.807, 2.05) is 0 Å². The van der Waals surface area contributed by atoms with E-state index in [1.165, 1.54) is 23.8 Å². The van der Waals surface area contributed by atoms with Crippen molar-refractivity contribution in [3.05, 3.63) is 29.8 Å². The van der Waals surface area contributed by atoms with Gasteiger partial charge in [0.05, 0.1) is 18.6 Å². The van der Waals surface area contributed by atoms with Crippen molar-refractivity contribution in [3.63, 3.8) is 0 Å². The fourth-order valence-electron chi connectivity index (χ4n) is 1.62. The third-order valence-electron chi connectivity index (χ3n) is 2.84. The summed E-state index contributed by atoms with van der Waals surface area (Å²) in [5.41, 5.74) is 1.08. The molecule has 2 rings (SSSR count). The van der Waals surface area contributed by atoms with E-state index in [9.17, 15) is 14.7 Å². The molecule has 1 amide bonds. The molecule has 1 heterocycles. The predicted octanol–water partition coefficient (Wildman–Crippen LogP) is 1.09. The van der Waals surface area contributed by atoms with E-state index in [0.717, 1.165) is 0 Å². The lowest BCUT2D eigenvalue weighted by molar-refractivity contribution is -0.150. The maximum Gasteiger partial charge on any atom is 0.339 e. The van der Waals surface area contributed by atoms with Crippen LogP contribution in [0.2, 0.25) is 0 Å². The number of esters is 1. The van der Waals surface area contributed by atoms with Gasteiger partial charge < -0.3 is 9.84 Å². The van der Waals surface area contributed by atoms with Gasteiger partial charge in [0.2, 0.25) is 5.91 Å². The molecule has 1 aliphatic heterocycles. The van der Waals surface area contributed by atoms with Gasteiger partial charge in [0.15, 0.2) is 11.3 Å². The summed E-state index contributed by atoms with van der Waals surface area (Å²) in [6, 6.07) is 6.54. The first-order valence-electron chi connectivity index (χ1n) is 5.87. The standard InChI is InChI=1S/C13H14N2O4S/c1-15-10(16)7-20-13(15)14-9-5-3-8(4-6-9)11(17)12(18)19-2/h3-6,11,17H,7H2,1-2H3. The van der Waals surface area contributed by atoms with E-state index in [-0.39, 0.29) is 5.91 Å². The van der Waals surface area contributed by atoms with Gasteiger partial charge in [0.25, 0.3) is 0 Å². The molecule has 0 saturated carbocycles. The summed E-state index contributed by atoms with van der Waals surface area (Å²) < 4.78 is 4.47. The van der Waals surface area contributed by atoms with Gasteiger partial charge in [0.1, 0.15) is 0 Å². The molecular formula is C13H14N2O4S. The van der Waals surface area contributed by atoms with E-state index in [1.54, 1.807) is 31.3 Å². The number of hydrogen-bond acceptors (Lipinski definition) is 6. The minimum Gasteiger partial charge on any atom is -0.467 e. The third-order valence-corrected chi connectivity index (χ3v) is 3.86. The van der Waals surface area contributed by atoms with Crippen molar-refractivity contribution in [1.82, 2.24) is 4.90 Å². The summed E-state index contributed by atoms with van der Waals surface area (Å²) in [6.07, 6.45) is -1.30. The van der Waals surface area contributed by atoms with Crippen LogP contribution in [-0.2, 0) is 14.3 Å². The van der Waals surface area contributed by atoms with Crippen LogP contribution in [-0.4, -0.2) is 47.0 Å². The van der Waals surface area contributed by atoms with Crippen molar-refractivity contribution in [2.45, 2.75) is 6.10 Å². The van der Waals surface area contributed by atoms with E-state index in [0.29, 0.717) is 22.2 Å². The van der Waals surface area contributed by atoms with Crippen molar-refractivity contribution < 1.29 is 19.4 Å². The molecule has 0 bridgehead atoms. The van der Waals surface area contributed by atoms with Gasteiger partial charge >= 0.3 is 5.97 Å². The number of carbonyl (C=O) groups is 2. The molecule has 0 aromatic heterocycles. The van der Waals surface area contributed by atoms with Gasteiger partial charge in [-0.15, -0.1) is 0 Å². The molecule has 0 radical (unpaired) electrons. The van der Waals surface area contributed by atoms with Crippen LogP contribution >= 0.6 is 11.8 Å². The second-order valence-electron chi connectivity index (χ2n) is 4.15. The smallest absolute Gasteiger partial charge is 0.339 e. The number of methoxy groups -OCH3 is 1. The monoisotopic (exact) mass is 294 g/mol. The molecule has 0 aliphatic carbocycles. The Kier molecular flexibility index (Phi) is 4.41. The number of hydrogen-bond donors (Lipinski definition) is 1. The summed E-state index contributed by atoms with van der Waals surface area (Å²) in [4.78, 5) is 28.4. The molecule has 1 aliphatic rings. The van der Waals surface area contributed by atoms with Crippen LogP contribution in [0.1, 0.15) is 11.7 Å². The number of benzene rings is 1. The summed E-state index contributed by atoms with van der Waals surface area (Å²) in [7, 11) is 2.90. The Labute approximate surface area is 120 Å². The lowest BCUT2D eigenvalue weighted by atomic mass is 10.1. The first-order chi connectivity index (χ1) is 9.52. The van der Waals surface area contributed by atoms with Crippen molar-refractivity contribution in [2.75, 3.05) is 19.9 Å². The van der Waals surface area contributed by atoms with Crippen LogP contribution in [0.3, 0.4) is 0 Å². The van der Waals surface area contributed by atoms with Crippen molar-refractivity contribution in [1.29, 1.82) is 0 Å². The SMILES string of the molecule is COC(=O)C(O)c1ccc(N=C2SCC(=O)N2C)cc1. The number of amidine groups is 1. The Hall–Kier alpha value is -1.86. The molecule has 0 spiro atoms. The fourth-order valence-corrected chi connectivity index (χ4v) is 2.53. The molecule has 1 fully saturated rings. The number of ether oxygens (including phenoxy) is 1. The third kappa shape index (κ3) is 3.00. The van der Waals surface area contributed by atoms with Crippen LogP contribution in [0.5, 0.6) is 0 Å². The van der Waals surface area contributed by atoms with E-state index in [2.05, 4.69) is 9.73 Å². The largest absolute Gasteiger partial charge is 0.467 e. The molecule has 1 unspecified atom stereocenters. The van der Waals surface area contributed by atoms with Gasteiger partial charge in [-0.1, -0.05) is 23.9 Å². The average molecular weight is 294 g/mol. The Bertz CT molecular complexity index is 556. The Morgan fingerprint density at radius 2 is 2.10 bits per heavy atom. The first-order valence-corrected chi connectivity index (χ1v) is 6.85. The summed E-state index contributed by atoms with van der Waals surface area (Å²) >= 11 is 1.38. The molecule has 106 valence electrons. The highest BCUT2D eigenvalue weighted by atomic mass is 32.2. The number of nitrogens with zero attached hydrogens (tertiary/aromatic N) is 2. The molecule has 7 heteroatoms. The van der Waals surface area contributed by atoms with Crippen LogP contribution in [0.4, 0.5) is 5.69 Å². The number of rotatable bonds is 3. The van der Waals surface area contributed by atoms with Crippen molar-refractivity contribution in [3.8, 4) is 0 Å². The molecule has 1 atom stereocenters. The maximum absolute atomic E-state index is 11.4. The van der Waals surface area contributed by atoms with Crippen molar-refractivity contribution in [2.24, 2.45) is 4.99 Å². The highest BCUT2D eigenvalue weighted by molar-refractivity contribution is 8.15. The van der Waals surface area contributed by atoms with Gasteiger partial charge in [-0.25, -0.2) is 9.79 Å². The number of aliphatic hydroxyl groups excluding tert-OH is 1. The van der Waals surface area contributed by atoms with Crippen LogP contribution in [0, 0.1) is 0 Å². The first kappa shape index (κ1) is 14.5. The number of aliphatic imine (C=N–C) groups is 1. The van der Waals surface area contributed by atoms with Gasteiger partial charge in [-0.3, -0.25) is 9.69 Å². The lowest BCUT2D eigenvalue weighted by Gasteiger charge is -2.10. The molecule has 1 saturated heterocycles. The topological polar surface area (TPSA) is 79.2 Å².